The molecule has 3 N–H and O–H groups in total. The lowest BCUT2D eigenvalue weighted by atomic mass is 9.95. The lowest BCUT2D eigenvalue weighted by molar-refractivity contribution is -0.140. The third-order valence-electron chi connectivity index (χ3n) is 9.40. The van der Waals surface area contributed by atoms with Gasteiger partial charge in [-0.1, -0.05) is 91.0 Å². The monoisotopic (exact) mass is 703 g/mol. The van der Waals surface area contributed by atoms with Crippen LogP contribution in [0.1, 0.15) is 40.8 Å². The number of carbonyl (C=O) groups is 3. The SMILES string of the molecule is CN(C(=O)[C@H](Cc1cnc[nH]1)NC(=O)OCc1ccccc1)[C@H](Cc1ccc(OCc2ccccc2)cc1)C(=O)NCC1(c2ccccc2F)CC1. The molecular weight excluding hydrogens is 661 g/mol. The number of benzene rings is 4. The highest BCUT2D eigenvalue weighted by Gasteiger charge is 2.46. The van der Waals surface area contributed by atoms with Crippen LogP contribution in [0.3, 0.4) is 0 Å². The standard InChI is InChI=1S/C41H42FN5O5/c1-47(39(49)36(23-32-24-43-28-45-32)46-40(50)52-26-31-12-6-3-7-13-31)37(38(48)44-27-41(20-21-41)34-14-8-9-15-35(34)42)22-29-16-18-33(19-17-29)51-25-30-10-4-2-5-11-30/h2-19,24,28,36-37H,20-23,25-27H2,1H3,(H,43,45)(H,44,48)(H,46,50)/t36-,37+/m0/s1. The number of nitrogens with one attached hydrogen (secondary N) is 3. The van der Waals surface area contributed by atoms with E-state index in [1.807, 2.05) is 84.9 Å². The van der Waals surface area contributed by atoms with Gasteiger partial charge in [-0.2, -0.15) is 0 Å². The first-order valence-corrected chi connectivity index (χ1v) is 17.3. The summed E-state index contributed by atoms with van der Waals surface area (Å²) in [6.07, 6.45) is 4.01. The molecular formula is C41H42FN5O5. The maximum absolute atomic E-state index is 14.8. The highest BCUT2D eigenvalue weighted by molar-refractivity contribution is 5.91. The first-order chi connectivity index (χ1) is 25.3. The molecule has 6 rings (SSSR count). The second-order valence-electron chi connectivity index (χ2n) is 13.1. The van der Waals surface area contributed by atoms with Gasteiger partial charge in [-0.3, -0.25) is 9.59 Å². The predicted molar refractivity (Wildman–Crippen MR) is 194 cm³/mol. The normalized spacial score (nSPS) is 14.0. The minimum Gasteiger partial charge on any atom is -0.489 e. The van der Waals surface area contributed by atoms with Crippen molar-refractivity contribution in [1.82, 2.24) is 25.5 Å². The molecule has 1 fully saturated rings. The van der Waals surface area contributed by atoms with Crippen molar-refractivity contribution in [3.63, 3.8) is 0 Å². The van der Waals surface area contributed by atoms with Crippen molar-refractivity contribution in [2.45, 2.75) is 56.4 Å². The van der Waals surface area contributed by atoms with Crippen LogP contribution in [0, 0.1) is 5.82 Å². The number of H-pyrrole nitrogens is 1. The van der Waals surface area contributed by atoms with Gasteiger partial charge in [-0.25, -0.2) is 14.2 Å². The molecule has 1 aromatic heterocycles. The van der Waals surface area contributed by atoms with Gasteiger partial charge in [-0.05, 0) is 53.3 Å². The zero-order valence-corrected chi connectivity index (χ0v) is 29.0. The average Bonchev–Trinajstić information content (AvgIpc) is 3.79. The molecule has 0 aliphatic heterocycles. The van der Waals surface area contributed by atoms with Gasteiger partial charge in [0.05, 0.1) is 6.33 Å². The molecule has 52 heavy (non-hydrogen) atoms. The Kier molecular flexibility index (Phi) is 11.6. The molecule has 10 nitrogen and oxygen atoms in total. The van der Waals surface area contributed by atoms with Crippen LogP contribution in [0.4, 0.5) is 9.18 Å². The third-order valence-corrected chi connectivity index (χ3v) is 9.40. The quantitative estimate of drug-likeness (QED) is 0.118. The van der Waals surface area contributed by atoms with E-state index in [0.717, 1.165) is 29.5 Å². The lowest BCUT2D eigenvalue weighted by Gasteiger charge is -2.31. The van der Waals surface area contributed by atoms with E-state index < -0.39 is 35.4 Å². The van der Waals surface area contributed by atoms with Crippen molar-refractivity contribution in [2.24, 2.45) is 0 Å². The second-order valence-corrected chi connectivity index (χ2v) is 13.1. The van der Waals surface area contributed by atoms with E-state index in [-0.39, 0.29) is 31.8 Å². The van der Waals surface area contributed by atoms with Crippen LogP contribution in [0.5, 0.6) is 5.75 Å². The maximum atomic E-state index is 14.8. The number of rotatable bonds is 16. The largest absolute Gasteiger partial charge is 0.489 e. The maximum Gasteiger partial charge on any atom is 0.408 e. The molecule has 4 aromatic carbocycles. The van der Waals surface area contributed by atoms with Crippen molar-refractivity contribution in [2.75, 3.05) is 13.6 Å². The Balaban J connectivity index is 1.19. The highest BCUT2D eigenvalue weighted by atomic mass is 19.1. The van der Waals surface area contributed by atoms with E-state index in [4.69, 9.17) is 9.47 Å². The molecule has 0 spiro atoms. The molecule has 5 aromatic rings. The fourth-order valence-corrected chi connectivity index (χ4v) is 6.17. The third kappa shape index (κ3) is 9.42. The van der Waals surface area contributed by atoms with Crippen LogP contribution in [0.15, 0.2) is 122 Å². The zero-order valence-electron chi connectivity index (χ0n) is 29.0. The van der Waals surface area contributed by atoms with E-state index >= 15 is 0 Å². The van der Waals surface area contributed by atoms with Crippen molar-refractivity contribution in [3.05, 3.63) is 155 Å². The van der Waals surface area contributed by atoms with Crippen LogP contribution in [-0.4, -0.2) is 58.5 Å². The molecule has 1 aliphatic carbocycles. The molecule has 1 aliphatic rings. The Labute approximate surface area is 302 Å². The summed E-state index contributed by atoms with van der Waals surface area (Å²) in [4.78, 5) is 49.7. The number of ether oxygens (including phenoxy) is 2. The summed E-state index contributed by atoms with van der Waals surface area (Å²) in [5.74, 6) is -0.532. The summed E-state index contributed by atoms with van der Waals surface area (Å²) in [6, 6.07) is 31.0. The molecule has 0 radical (unpaired) electrons. The van der Waals surface area contributed by atoms with Gasteiger partial charge in [0.2, 0.25) is 11.8 Å². The second kappa shape index (κ2) is 16.8. The average molecular weight is 704 g/mol. The molecule has 0 saturated heterocycles. The summed E-state index contributed by atoms with van der Waals surface area (Å²) in [5.41, 5.74) is 3.31. The number of alkyl carbamates (subject to hydrolysis) is 1. The van der Waals surface area contributed by atoms with Crippen LogP contribution in [0.2, 0.25) is 0 Å². The van der Waals surface area contributed by atoms with E-state index in [0.29, 0.717) is 23.6 Å². The van der Waals surface area contributed by atoms with Crippen LogP contribution in [0.25, 0.3) is 0 Å². The Morgan fingerprint density at radius 2 is 1.50 bits per heavy atom. The highest BCUT2D eigenvalue weighted by Crippen LogP contribution is 2.48. The summed E-state index contributed by atoms with van der Waals surface area (Å²) < 4.78 is 26.2. The van der Waals surface area contributed by atoms with E-state index in [1.54, 1.807) is 31.4 Å². The van der Waals surface area contributed by atoms with Gasteiger partial charge in [0.15, 0.2) is 0 Å². The predicted octanol–water partition coefficient (Wildman–Crippen LogP) is 5.88. The number of aromatic nitrogens is 2. The number of imidazole rings is 1. The minimum absolute atomic E-state index is 0.0212. The smallest absolute Gasteiger partial charge is 0.408 e. The van der Waals surface area contributed by atoms with Gasteiger partial charge >= 0.3 is 6.09 Å². The molecule has 11 heteroatoms. The van der Waals surface area contributed by atoms with E-state index in [2.05, 4.69) is 20.6 Å². The van der Waals surface area contributed by atoms with Crippen LogP contribution in [-0.2, 0) is 45.8 Å². The summed E-state index contributed by atoms with van der Waals surface area (Å²) in [5, 5.41) is 5.73. The molecule has 2 atom stereocenters. The Morgan fingerprint density at radius 3 is 2.13 bits per heavy atom. The van der Waals surface area contributed by atoms with Crippen molar-refractivity contribution in [3.8, 4) is 5.75 Å². The molecule has 268 valence electrons. The number of likely N-dealkylation sites (N-methyl/N-ethyl adjacent to an activating group) is 1. The van der Waals surface area contributed by atoms with Crippen molar-refractivity contribution >= 4 is 17.9 Å². The summed E-state index contributed by atoms with van der Waals surface area (Å²) in [6.45, 7) is 0.650. The van der Waals surface area contributed by atoms with Gasteiger partial charge < -0.3 is 30.0 Å². The fourth-order valence-electron chi connectivity index (χ4n) is 6.17. The first-order valence-electron chi connectivity index (χ1n) is 17.3. The summed E-state index contributed by atoms with van der Waals surface area (Å²) >= 11 is 0. The number of hydrogen-bond acceptors (Lipinski definition) is 6. The molecule has 0 bridgehead atoms. The number of aromatic amines is 1. The van der Waals surface area contributed by atoms with Gasteiger partial charge in [0, 0.05) is 43.7 Å². The van der Waals surface area contributed by atoms with Gasteiger partial charge in [0.1, 0.15) is 36.9 Å². The molecule has 1 saturated carbocycles. The fraction of sp³-hybridized carbons (Fsp3) is 0.268. The number of halogens is 1. The Bertz CT molecular complexity index is 1920. The molecule has 0 unspecified atom stereocenters. The topological polar surface area (TPSA) is 126 Å². The van der Waals surface area contributed by atoms with Crippen molar-refractivity contribution < 1.29 is 28.2 Å². The first kappa shape index (κ1) is 35.8. The zero-order chi connectivity index (χ0) is 36.3. The van der Waals surface area contributed by atoms with E-state index in [9.17, 15) is 18.8 Å². The molecule has 1 heterocycles. The molecule has 3 amide bonds. The van der Waals surface area contributed by atoms with Crippen molar-refractivity contribution in [1.29, 1.82) is 0 Å². The van der Waals surface area contributed by atoms with Gasteiger partial charge in [-0.15, -0.1) is 0 Å². The van der Waals surface area contributed by atoms with Crippen LogP contribution < -0.4 is 15.4 Å². The Morgan fingerprint density at radius 1 is 0.846 bits per heavy atom. The lowest BCUT2D eigenvalue weighted by Crippen LogP contribution is -2.56. The number of nitrogens with zero attached hydrogens (tertiary/aromatic N) is 2. The van der Waals surface area contributed by atoms with Crippen LogP contribution >= 0.6 is 0 Å². The minimum atomic E-state index is -1.08. The summed E-state index contributed by atoms with van der Waals surface area (Å²) in [7, 11) is 1.55. The van der Waals surface area contributed by atoms with E-state index in [1.165, 1.54) is 17.3 Å². The number of hydrogen-bond donors (Lipinski definition) is 3. The van der Waals surface area contributed by atoms with Gasteiger partial charge in [0.25, 0.3) is 0 Å². The Hall–Kier alpha value is -5.97. The number of amides is 3. The number of carbonyl (C=O) groups excluding carboxylic acids is 3.